The van der Waals surface area contributed by atoms with Gasteiger partial charge in [-0.15, -0.1) is 0 Å². The highest BCUT2D eigenvalue weighted by Gasteiger charge is 2.34. The number of benzene rings is 4. The van der Waals surface area contributed by atoms with Gasteiger partial charge in [0.05, 0.1) is 21.0 Å². The van der Waals surface area contributed by atoms with E-state index in [-0.39, 0.29) is 33.8 Å². The van der Waals surface area contributed by atoms with E-state index in [1.54, 1.807) is 0 Å². The van der Waals surface area contributed by atoms with Crippen LogP contribution < -0.4 is 4.74 Å². The third kappa shape index (κ3) is 6.05. The molecule has 0 fully saturated rings. The third-order valence-corrected chi connectivity index (χ3v) is 6.38. The lowest BCUT2D eigenvalue weighted by Crippen LogP contribution is -2.05. The highest BCUT2D eigenvalue weighted by Crippen LogP contribution is 2.48. The maximum Gasteiger partial charge on any atom is 0.416 e. The predicted molar refractivity (Wildman–Crippen MR) is 137 cm³/mol. The summed E-state index contributed by atoms with van der Waals surface area (Å²) in [5.41, 5.74) is -4.63. The third-order valence-electron chi connectivity index (χ3n) is 5.75. The Bertz CT molecular complexity index is 1570. The summed E-state index contributed by atoms with van der Waals surface area (Å²) < 4.78 is 85.0. The first-order valence-corrected chi connectivity index (χ1v) is 11.8. The molecule has 0 bridgehead atoms. The van der Waals surface area contributed by atoms with Crippen molar-refractivity contribution >= 4 is 34.6 Å². The Kier molecular flexibility index (Phi) is 7.87. The fourth-order valence-electron chi connectivity index (χ4n) is 3.96. The van der Waals surface area contributed by atoms with Gasteiger partial charge in [-0.25, -0.2) is 0 Å². The van der Waals surface area contributed by atoms with Gasteiger partial charge >= 0.3 is 12.4 Å². The maximum atomic E-state index is 13.2. The van der Waals surface area contributed by atoms with Crippen LogP contribution in [0.4, 0.5) is 37.7 Å². The van der Waals surface area contributed by atoms with Crippen molar-refractivity contribution in [2.45, 2.75) is 12.4 Å². The van der Waals surface area contributed by atoms with Crippen LogP contribution in [-0.2, 0) is 12.4 Å². The summed E-state index contributed by atoms with van der Waals surface area (Å²) >= 11 is 12.2. The molecule has 41 heavy (non-hydrogen) atoms. The molecule has 0 unspecified atom stereocenters. The highest BCUT2D eigenvalue weighted by molar-refractivity contribution is 6.34. The van der Waals surface area contributed by atoms with Gasteiger partial charge in [-0.2, -0.15) is 26.3 Å². The SMILES string of the molecule is O=[N+]([O-])c1cccc(Oc2cccc([N+](=O)[O-])c2-c2ccc(C(F)(F)F)cc2Cl)c1-c1ccc(C(F)(F)F)cc1Cl. The molecule has 0 amide bonds. The van der Waals surface area contributed by atoms with Gasteiger partial charge in [0.1, 0.15) is 22.6 Å². The molecule has 0 heterocycles. The molecule has 0 aliphatic heterocycles. The molecule has 4 aromatic rings. The fraction of sp³-hybridized carbons (Fsp3) is 0.0769. The topological polar surface area (TPSA) is 95.5 Å². The predicted octanol–water partition coefficient (Wildman–Crippen LogP) is 9.97. The van der Waals surface area contributed by atoms with Gasteiger partial charge in [0, 0.05) is 33.3 Å². The summed E-state index contributed by atoms with van der Waals surface area (Å²) in [7, 11) is 0. The molecular formula is C26H12Cl2F6N2O5. The van der Waals surface area contributed by atoms with Gasteiger partial charge in [-0.05, 0) is 36.4 Å². The van der Waals surface area contributed by atoms with Crippen LogP contribution in [0.1, 0.15) is 11.1 Å². The minimum Gasteiger partial charge on any atom is -0.456 e. The van der Waals surface area contributed by atoms with E-state index < -0.39 is 54.7 Å². The Morgan fingerprint density at radius 1 is 0.610 bits per heavy atom. The lowest BCUT2D eigenvalue weighted by Gasteiger charge is -2.17. The molecule has 0 N–H and O–H groups in total. The molecular weight excluding hydrogens is 605 g/mol. The zero-order valence-electron chi connectivity index (χ0n) is 19.9. The molecule has 4 rings (SSSR count). The van der Waals surface area contributed by atoms with Gasteiger partial charge in [0.15, 0.2) is 0 Å². The summed E-state index contributed by atoms with van der Waals surface area (Å²) in [5.74, 6) is -0.684. The fourth-order valence-corrected chi connectivity index (χ4v) is 4.51. The van der Waals surface area contributed by atoms with Crippen molar-refractivity contribution in [3.63, 3.8) is 0 Å². The molecule has 0 saturated heterocycles. The molecule has 0 radical (unpaired) electrons. The number of hydrogen-bond acceptors (Lipinski definition) is 5. The van der Waals surface area contributed by atoms with E-state index in [9.17, 15) is 46.6 Å². The Labute approximate surface area is 235 Å². The summed E-state index contributed by atoms with van der Waals surface area (Å²) in [6, 6.07) is 11.1. The average Bonchev–Trinajstić information content (AvgIpc) is 2.87. The molecule has 0 saturated carbocycles. The second kappa shape index (κ2) is 10.9. The van der Waals surface area contributed by atoms with E-state index in [1.165, 1.54) is 24.3 Å². The van der Waals surface area contributed by atoms with E-state index in [0.29, 0.717) is 24.3 Å². The number of ether oxygens (including phenoxy) is 1. The number of nitro benzene ring substituents is 2. The standard InChI is InChI=1S/C26H12Cl2F6N2O5/c27-17-11-13(25(29,30)31)7-9-15(17)23-19(35(37)38)3-1-5-21(23)41-22-6-2-4-20(36(39)40)24(22)16-10-8-14(12-18(16)28)26(32,33)34/h1-12H. The number of hydrogen-bond donors (Lipinski definition) is 0. The summed E-state index contributed by atoms with van der Waals surface area (Å²) in [6.45, 7) is 0. The van der Waals surface area contributed by atoms with Gasteiger partial charge in [-0.3, -0.25) is 20.2 Å². The Hall–Kier alpha value is -4.36. The second-order valence-corrected chi connectivity index (χ2v) is 9.12. The largest absolute Gasteiger partial charge is 0.456 e. The molecule has 212 valence electrons. The van der Waals surface area contributed by atoms with Crippen molar-refractivity contribution in [1.82, 2.24) is 0 Å². The van der Waals surface area contributed by atoms with Crippen molar-refractivity contribution in [3.8, 4) is 33.8 Å². The number of rotatable bonds is 6. The zero-order chi connectivity index (χ0) is 30.3. The number of halogens is 8. The first-order valence-electron chi connectivity index (χ1n) is 11.1. The van der Waals surface area contributed by atoms with Crippen molar-refractivity contribution in [2.24, 2.45) is 0 Å². The molecule has 0 aliphatic rings. The van der Waals surface area contributed by atoms with Crippen LogP contribution in [0, 0.1) is 20.2 Å². The second-order valence-electron chi connectivity index (χ2n) is 8.30. The Morgan fingerprint density at radius 3 is 1.27 bits per heavy atom. The van der Waals surface area contributed by atoms with E-state index in [2.05, 4.69) is 0 Å². The van der Waals surface area contributed by atoms with Crippen molar-refractivity contribution < 1.29 is 40.9 Å². The van der Waals surface area contributed by atoms with E-state index in [1.807, 2.05) is 0 Å². The van der Waals surface area contributed by atoms with Crippen LogP contribution in [0.15, 0.2) is 72.8 Å². The van der Waals surface area contributed by atoms with Crippen LogP contribution >= 0.6 is 23.2 Å². The smallest absolute Gasteiger partial charge is 0.416 e. The lowest BCUT2D eigenvalue weighted by atomic mass is 9.99. The molecule has 0 atom stereocenters. The first-order chi connectivity index (χ1) is 19.1. The van der Waals surface area contributed by atoms with Crippen LogP contribution in [0.5, 0.6) is 11.5 Å². The molecule has 15 heteroatoms. The molecule has 0 aliphatic carbocycles. The van der Waals surface area contributed by atoms with Gasteiger partial charge in [0.25, 0.3) is 11.4 Å². The van der Waals surface area contributed by atoms with E-state index >= 15 is 0 Å². The maximum absolute atomic E-state index is 13.2. The van der Waals surface area contributed by atoms with E-state index in [4.69, 9.17) is 27.9 Å². The summed E-state index contributed by atoms with van der Waals surface area (Å²) in [6.07, 6.45) is -9.52. The number of alkyl halides is 6. The van der Waals surface area contributed by atoms with Gasteiger partial charge in [0.2, 0.25) is 0 Å². The normalized spacial score (nSPS) is 11.8. The zero-order valence-corrected chi connectivity index (χ0v) is 21.4. The minimum absolute atomic E-state index is 0.221. The average molecular weight is 617 g/mol. The summed E-state index contributed by atoms with van der Waals surface area (Å²) in [5, 5.41) is 22.7. The Balaban J connectivity index is 1.95. The van der Waals surface area contributed by atoms with Crippen molar-refractivity contribution in [2.75, 3.05) is 0 Å². The van der Waals surface area contributed by atoms with Gasteiger partial charge < -0.3 is 4.74 Å². The minimum atomic E-state index is -4.76. The van der Waals surface area contributed by atoms with Crippen LogP contribution in [0.25, 0.3) is 22.3 Å². The molecule has 0 aromatic heterocycles. The number of nitro groups is 2. The van der Waals surface area contributed by atoms with Crippen LogP contribution in [0.3, 0.4) is 0 Å². The highest BCUT2D eigenvalue weighted by atomic mass is 35.5. The molecule has 7 nitrogen and oxygen atoms in total. The van der Waals surface area contributed by atoms with Crippen LogP contribution in [0.2, 0.25) is 10.0 Å². The van der Waals surface area contributed by atoms with Gasteiger partial charge in [-0.1, -0.05) is 47.5 Å². The summed E-state index contributed by atoms with van der Waals surface area (Å²) in [4.78, 5) is 22.0. The monoisotopic (exact) mass is 616 g/mol. The quantitative estimate of drug-likeness (QED) is 0.122. The molecule has 0 spiro atoms. The molecule has 4 aromatic carbocycles. The number of nitrogens with zero attached hydrogens (tertiary/aromatic N) is 2. The lowest BCUT2D eigenvalue weighted by molar-refractivity contribution is -0.384. The Morgan fingerprint density at radius 2 is 0.976 bits per heavy atom. The van der Waals surface area contributed by atoms with Crippen molar-refractivity contribution in [1.29, 1.82) is 0 Å². The van der Waals surface area contributed by atoms with Crippen molar-refractivity contribution in [3.05, 3.63) is 114 Å². The first kappa shape index (κ1) is 29.6. The van der Waals surface area contributed by atoms with E-state index in [0.717, 1.165) is 24.3 Å². The van der Waals surface area contributed by atoms with Crippen LogP contribution in [-0.4, -0.2) is 9.85 Å².